The van der Waals surface area contributed by atoms with E-state index >= 15 is 0 Å². The van der Waals surface area contributed by atoms with Crippen LogP contribution >= 0.6 is 0 Å². The number of carbonyl (C=O) groups is 2. The molecule has 0 saturated carbocycles. The summed E-state index contributed by atoms with van der Waals surface area (Å²) in [7, 11) is -4.61. The van der Waals surface area contributed by atoms with E-state index in [2.05, 4.69) is 86.8 Å². The Hall–Kier alpha value is -2.91. The SMILES string of the molecule is CC/C=C\C/C=C\C/C=C\CCCCCC(=O)OCC(COC1OC(CS(=O)(=O)O)C(O)C(O)C1O)OC(=O)CCCCC/C=C\C/C=C\C/C=C\CC. The van der Waals surface area contributed by atoms with E-state index in [-0.39, 0.29) is 19.4 Å². The second kappa shape index (κ2) is 31.3. The van der Waals surface area contributed by atoms with Crippen molar-refractivity contribution in [3.63, 3.8) is 0 Å². The van der Waals surface area contributed by atoms with Gasteiger partial charge in [-0.15, -0.1) is 0 Å². The first kappa shape index (κ1) is 49.1. The van der Waals surface area contributed by atoms with Gasteiger partial charge in [0.2, 0.25) is 0 Å². The lowest BCUT2D eigenvalue weighted by molar-refractivity contribution is -0.297. The molecule has 6 unspecified atom stereocenters. The number of ether oxygens (including phenoxy) is 4. The van der Waals surface area contributed by atoms with Crippen LogP contribution in [-0.4, -0.2) is 96.0 Å². The van der Waals surface area contributed by atoms with Crippen molar-refractivity contribution >= 4 is 22.1 Å². The highest BCUT2D eigenvalue weighted by Gasteiger charge is 2.46. The second-order valence-electron chi connectivity index (χ2n) is 13.2. The van der Waals surface area contributed by atoms with Gasteiger partial charge in [-0.2, -0.15) is 8.42 Å². The fraction of sp³-hybridized carbons (Fsp3) is 0.659. The van der Waals surface area contributed by atoms with E-state index in [9.17, 15) is 37.9 Å². The fourth-order valence-electron chi connectivity index (χ4n) is 5.29. The first-order chi connectivity index (χ1) is 26.0. The van der Waals surface area contributed by atoms with Crippen LogP contribution in [0.3, 0.4) is 0 Å². The molecule has 0 aromatic carbocycles. The molecule has 13 heteroatoms. The molecular weight excluding hydrogens is 717 g/mol. The summed E-state index contributed by atoms with van der Waals surface area (Å²) in [5.41, 5.74) is 0. The first-order valence-corrected chi connectivity index (χ1v) is 21.1. The quantitative estimate of drug-likeness (QED) is 0.0260. The van der Waals surface area contributed by atoms with E-state index in [1.54, 1.807) is 0 Å². The predicted molar refractivity (Wildman–Crippen MR) is 210 cm³/mol. The molecule has 0 amide bonds. The summed E-state index contributed by atoms with van der Waals surface area (Å²) in [6.45, 7) is 3.43. The summed E-state index contributed by atoms with van der Waals surface area (Å²) >= 11 is 0. The summed E-state index contributed by atoms with van der Waals surface area (Å²) in [5.74, 6) is -2.08. The maximum absolute atomic E-state index is 12.7. The molecule has 12 nitrogen and oxygen atoms in total. The van der Waals surface area contributed by atoms with Gasteiger partial charge in [0.25, 0.3) is 10.1 Å². The Morgan fingerprint density at radius 2 is 1.11 bits per heavy atom. The maximum Gasteiger partial charge on any atom is 0.306 e. The lowest BCUT2D eigenvalue weighted by Gasteiger charge is -2.40. The van der Waals surface area contributed by atoms with Crippen molar-refractivity contribution in [2.75, 3.05) is 19.0 Å². The third-order valence-corrected chi connectivity index (χ3v) is 9.03. The number of aliphatic hydroxyl groups is 3. The summed E-state index contributed by atoms with van der Waals surface area (Å²) in [6, 6.07) is 0. The Bertz CT molecular complexity index is 1290. The Kier molecular flexibility index (Phi) is 28.5. The van der Waals surface area contributed by atoms with Crippen molar-refractivity contribution in [2.24, 2.45) is 0 Å². The summed E-state index contributed by atoms with van der Waals surface area (Å²) in [5, 5.41) is 30.7. The van der Waals surface area contributed by atoms with E-state index in [0.717, 1.165) is 77.0 Å². The molecule has 0 aromatic heterocycles. The van der Waals surface area contributed by atoms with Crippen LogP contribution in [0.1, 0.15) is 117 Å². The number of unbranched alkanes of at least 4 members (excludes halogenated alkanes) is 6. The average Bonchev–Trinajstić information content (AvgIpc) is 3.13. The Morgan fingerprint density at radius 1 is 0.630 bits per heavy atom. The van der Waals surface area contributed by atoms with Gasteiger partial charge < -0.3 is 34.3 Å². The number of allylic oxidation sites excluding steroid dienone is 12. The molecular formula is C41H66O12S. The van der Waals surface area contributed by atoms with Crippen molar-refractivity contribution in [3.8, 4) is 0 Å². The van der Waals surface area contributed by atoms with E-state index < -0.39 is 71.2 Å². The largest absolute Gasteiger partial charge is 0.462 e. The van der Waals surface area contributed by atoms with Crippen molar-refractivity contribution in [1.82, 2.24) is 0 Å². The molecule has 308 valence electrons. The summed E-state index contributed by atoms with van der Waals surface area (Å²) < 4.78 is 53.8. The van der Waals surface area contributed by atoms with Gasteiger partial charge in [0, 0.05) is 12.8 Å². The third kappa shape index (κ3) is 26.0. The Labute approximate surface area is 323 Å². The van der Waals surface area contributed by atoms with Gasteiger partial charge in [-0.25, -0.2) is 0 Å². The van der Waals surface area contributed by atoms with Crippen molar-refractivity contribution in [2.45, 2.75) is 153 Å². The highest BCUT2D eigenvalue weighted by Crippen LogP contribution is 2.23. The molecule has 1 rings (SSSR count). The molecule has 0 aliphatic carbocycles. The van der Waals surface area contributed by atoms with Crippen LogP contribution in [0.2, 0.25) is 0 Å². The molecule has 0 radical (unpaired) electrons. The summed E-state index contributed by atoms with van der Waals surface area (Å²) in [4.78, 5) is 25.2. The molecule has 1 aliphatic heterocycles. The van der Waals surface area contributed by atoms with E-state index in [0.29, 0.717) is 12.8 Å². The zero-order valence-electron chi connectivity index (χ0n) is 32.3. The van der Waals surface area contributed by atoms with Crippen LogP contribution in [0.4, 0.5) is 0 Å². The molecule has 1 fully saturated rings. The van der Waals surface area contributed by atoms with E-state index in [1.165, 1.54) is 0 Å². The maximum atomic E-state index is 12.7. The molecule has 0 bridgehead atoms. The number of esters is 2. The lowest BCUT2D eigenvalue weighted by atomic mass is 10.00. The fourth-order valence-corrected chi connectivity index (χ4v) is 5.98. The molecule has 6 atom stereocenters. The van der Waals surface area contributed by atoms with Gasteiger partial charge in [0.15, 0.2) is 12.4 Å². The molecule has 54 heavy (non-hydrogen) atoms. The number of carbonyl (C=O) groups excluding carboxylic acids is 2. The van der Waals surface area contributed by atoms with Crippen LogP contribution in [-0.2, 0) is 38.7 Å². The van der Waals surface area contributed by atoms with Crippen LogP contribution in [0.25, 0.3) is 0 Å². The van der Waals surface area contributed by atoms with Gasteiger partial charge in [0.05, 0.1) is 6.61 Å². The Morgan fingerprint density at radius 3 is 1.61 bits per heavy atom. The zero-order chi connectivity index (χ0) is 39.9. The normalized spacial score (nSPS) is 21.8. The number of rotatable bonds is 30. The molecule has 4 N–H and O–H groups in total. The number of hydrogen-bond donors (Lipinski definition) is 4. The minimum atomic E-state index is -4.61. The molecule has 1 heterocycles. The van der Waals surface area contributed by atoms with E-state index in [1.807, 2.05) is 0 Å². The standard InChI is InChI=1S/C41H66O12S/c1-3-5-7-9-11-13-15-17-19-21-23-25-27-29-36(42)50-31-34(32-51-41-40(46)39(45)38(44)35(53-41)33-54(47,48)49)52-37(43)30-28-26-24-22-20-18-16-14-12-10-8-6-4-2/h5-8,11-14,17-20,34-35,38-41,44-46H,3-4,9-10,15-16,21-33H2,1-2H3,(H,47,48,49)/b7-5-,8-6-,13-11-,14-12-,19-17-,20-18-. The zero-order valence-corrected chi connectivity index (χ0v) is 33.1. The average molecular weight is 783 g/mol. The predicted octanol–water partition coefficient (Wildman–Crippen LogP) is 6.77. The third-order valence-electron chi connectivity index (χ3n) is 8.28. The highest BCUT2D eigenvalue weighted by molar-refractivity contribution is 7.85. The lowest BCUT2D eigenvalue weighted by Crippen LogP contribution is -2.60. The van der Waals surface area contributed by atoms with E-state index in [4.69, 9.17) is 18.9 Å². The molecule has 1 saturated heterocycles. The van der Waals surface area contributed by atoms with Crippen LogP contribution in [0.5, 0.6) is 0 Å². The topological polar surface area (TPSA) is 186 Å². The summed E-state index contributed by atoms with van der Waals surface area (Å²) in [6.07, 6.45) is 28.3. The Balaban J connectivity index is 2.57. The second-order valence-corrected chi connectivity index (χ2v) is 14.7. The van der Waals surface area contributed by atoms with Gasteiger partial charge in [-0.05, 0) is 77.0 Å². The van der Waals surface area contributed by atoms with Crippen molar-refractivity contribution in [1.29, 1.82) is 0 Å². The molecule has 0 spiro atoms. The smallest absolute Gasteiger partial charge is 0.306 e. The van der Waals surface area contributed by atoms with Gasteiger partial charge in [-0.3, -0.25) is 14.1 Å². The first-order valence-electron chi connectivity index (χ1n) is 19.5. The van der Waals surface area contributed by atoms with Crippen molar-refractivity contribution in [3.05, 3.63) is 72.9 Å². The number of aliphatic hydroxyl groups excluding tert-OH is 3. The van der Waals surface area contributed by atoms with Crippen LogP contribution < -0.4 is 0 Å². The van der Waals surface area contributed by atoms with Gasteiger partial charge in [-0.1, -0.05) is 99.6 Å². The van der Waals surface area contributed by atoms with Crippen LogP contribution in [0, 0.1) is 0 Å². The molecule has 1 aliphatic rings. The number of hydrogen-bond acceptors (Lipinski definition) is 11. The minimum absolute atomic E-state index is 0.118. The van der Waals surface area contributed by atoms with Crippen LogP contribution in [0.15, 0.2) is 72.9 Å². The van der Waals surface area contributed by atoms with Gasteiger partial charge in [0.1, 0.15) is 36.8 Å². The van der Waals surface area contributed by atoms with Crippen molar-refractivity contribution < 1.29 is 56.8 Å². The minimum Gasteiger partial charge on any atom is -0.462 e. The molecule has 0 aromatic rings. The van der Waals surface area contributed by atoms with Gasteiger partial charge >= 0.3 is 11.9 Å². The monoisotopic (exact) mass is 782 g/mol. The highest BCUT2D eigenvalue weighted by atomic mass is 32.2.